The van der Waals surface area contributed by atoms with Crippen LogP contribution in [0.1, 0.15) is 13.8 Å². The Morgan fingerprint density at radius 1 is 1.43 bits per heavy atom. The van der Waals surface area contributed by atoms with Gasteiger partial charge in [0.2, 0.25) is 5.91 Å². The predicted molar refractivity (Wildman–Crippen MR) is 60.4 cm³/mol. The molecule has 0 saturated heterocycles. The Balaban J connectivity index is 2.58. The summed E-state index contributed by atoms with van der Waals surface area (Å²) in [5.74, 6) is 0.253. The highest BCUT2D eigenvalue weighted by Crippen LogP contribution is 2.14. The van der Waals surface area contributed by atoms with Crippen LogP contribution in [0, 0.1) is 5.92 Å². The van der Waals surface area contributed by atoms with E-state index in [2.05, 4.69) is 26.2 Å². The van der Waals surface area contributed by atoms with E-state index in [1.54, 1.807) is 24.5 Å². The minimum absolute atomic E-state index is 0.0220. The Kier molecular flexibility index (Phi) is 4.07. The first kappa shape index (κ1) is 11.2. The number of carbonyl (C=O) groups is 1. The second-order valence-corrected chi connectivity index (χ2v) is 4.36. The van der Waals surface area contributed by atoms with Crippen LogP contribution in [0.15, 0.2) is 24.5 Å². The Morgan fingerprint density at radius 2 is 2.00 bits per heavy atom. The van der Waals surface area contributed by atoms with Crippen molar-refractivity contribution in [3.63, 3.8) is 0 Å². The SMILES string of the molecule is CC(C)C(Br)C(=O)Nc1ccncc1. The highest BCUT2D eigenvalue weighted by atomic mass is 79.9. The van der Waals surface area contributed by atoms with Gasteiger partial charge in [0.05, 0.1) is 4.83 Å². The van der Waals surface area contributed by atoms with Gasteiger partial charge in [-0.3, -0.25) is 9.78 Å². The van der Waals surface area contributed by atoms with E-state index in [0.717, 1.165) is 5.69 Å². The molecule has 0 radical (unpaired) electrons. The molecule has 0 spiro atoms. The predicted octanol–water partition coefficient (Wildman–Crippen LogP) is 2.44. The standard InChI is InChI=1S/C10H13BrN2O/c1-7(2)9(11)10(14)13-8-3-5-12-6-4-8/h3-7,9H,1-2H3,(H,12,13,14). The van der Waals surface area contributed by atoms with E-state index in [-0.39, 0.29) is 16.7 Å². The summed E-state index contributed by atoms with van der Waals surface area (Å²) in [6.07, 6.45) is 3.29. The third kappa shape index (κ3) is 3.10. The van der Waals surface area contributed by atoms with E-state index in [0.29, 0.717) is 0 Å². The fourth-order valence-electron chi connectivity index (χ4n) is 0.949. The zero-order valence-corrected chi connectivity index (χ0v) is 9.78. The van der Waals surface area contributed by atoms with Crippen molar-refractivity contribution in [1.82, 2.24) is 4.98 Å². The quantitative estimate of drug-likeness (QED) is 0.845. The smallest absolute Gasteiger partial charge is 0.238 e. The van der Waals surface area contributed by atoms with Gasteiger partial charge in [-0.1, -0.05) is 29.8 Å². The number of hydrogen-bond donors (Lipinski definition) is 1. The van der Waals surface area contributed by atoms with Gasteiger partial charge in [-0.05, 0) is 18.1 Å². The number of amides is 1. The zero-order chi connectivity index (χ0) is 10.6. The van der Waals surface area contributed by atoms with Crippen molar-refractivity contribution < 1.29 is 4.79 Å². The summed E-state index contributed by atoms with van der Waals surface area (Å²) in [4.78, 5) is 15.3. The molecule has 3 nitrogen and oxygen atoms in total. The summed E-state index contributed by atoms with van der Waals surface area (Å²) in [7, 11) is 0. The highest BCUT2D eigenvalue weighted by molar-refractivity contribution is 9.10. The van der Waals surface area contributed by atoms with Crippen LogP contribution in [0.3, 0.4) is 0 Å². The van der Waals surface area contributed by atoms with Crippen molar-refractivity contribution in [2.24, 2.45) is 5.92 Å². The molecule has 0 saturated carbocycles. The minimum Gasteiger partial charge on any atom is -0.325 e. The van der Waals surface area contributed by atoms with Gasteiger partial charge in [0, 0.05) is 18.1 Å². The molecule has 1 N–H and O–H groups in total. The molecular formula is C10H13BrN2O. The van der Waals surface area contributed by atoms with Crippen LogP contribution < -0.4 is 5.32 Å². The molecule has 0 aliphatic rings. The number of rotatable bonds is 3. The third-order valence-electron chi connectivity index (χ3n) is 1.78. The van der Waals surface area contributed by atoms with Crippen molar-refractivity contribution in [3.05, 3.63) is 24.5 Å². The van der Waals surface area contributed by atoms with E-state index in [4.69, 9.17) is 0 Å². The lowest BCUT2D eigenvalue weighted by Gasteiger charge is -2.13. The van der Waals surface area contributed by atoms with Crippen LogP contribution in [0.4, 0.5) is 5.69 Å². The normalized spacial score (nSPS) is 12.6. The Hall–Kier alpha value is -0.900. The van der Waals surface area contributed by atoms with Gasteiger partial charge in [-0.2, -0.15) is 0 Å². The molecule has 76 valence electrons. The Morgan fingerprint density at radius 3 is 2.50 bits per heavy atom. The molecule has 4 heteroatoms. The third-order valence-corrected chi connectivity index (χ3v) is 3.26. The zero-order valence-electron chi connectivity index (χ0n) is 8.20. The molecule has 0 bridgehead atoms. The number of carbonyl (C=O) groups excluding carboxylic acids is 1. The van der Waals surface area contributed by atoms with Gasteiger partial charge in [0.15, 0.2) is 0 Å². The van der Waals surface area contributed by atoms with Gasteiger partial charge in [0.25, 0.3) is 0 Å². The first-order valence-electron chi connectivity index (χ1n) is 4.46. The van der Waals surface area contributed by atoms with Gasteiger partial charge in [0.1, 0.15) is 0 Å². The molecule has 1 heterocycles. The summed E-state index contributed by atoms with van der Waals surface area (Å²) in [6, 6.07) is 3.52. The van der Waals surface area contributed by atoms with E-state index >= 15 is 0 Å². The molecule has 1 aromatic heterocycles. The maximum absolute atomic E-state index is 11.6. The van der Waals surface area contributed by atoms with Gasteiger partial charge in [-0.25, -0.2) is 0 Å². The maximum Gasteiger partial charge on any atom is 0.238 e. The first-order chi connectivity index (χ1) is 6.61. The number of nitrogens with zero attached hydrogens (tertiary/aromatic N) is 1. The summed E-state index contributed by atoms with van der Waals surface area (Å²) < 4.78 is 0. The van der Waals surface area contributed by atoms with E-state index in [1.807, 2.05) is 13.8 Å². The molecule has 1 unspecified atom stereocenters. The van der Waals surface area contributed by atoms with Crippen molar-refractivity contribution in [1.29, 1.82) is 0 Å². The summed E-state index contributed by atoms with van der Waals surface area (Å²) in [5.41, 5.74) is 0.773. The van der Waals surface area contributed by atoms with Gasteiger partial charge >= 0.3 is 0 Å². The number of alkyl halides is 1. The fraction of sp³-hybridized carbons (Fsp3) is 0.400. The molecule has 1 atom stereocenters. The van der Waals surface area contributed by atoms with Crippen LogP contribution in [0.25, 0.3) is 0 Å². The van der Waals surface area contributed by atoms with E-state index in [9.17, 15) is 4.79 Å². The Labute approximate surface area is 92.1 Å². The lowest BCUT2D eigenvalue weighted by molar-refractivity contribution is -0.116. The van der Waals surface area contributed by atoms with Crippen LogP contribution >= 0.6 is 15.9 Å². The Bertz CT molecular complexity index is 300. The molecular weight excluding hydrogens is 244 g/mol. The average molecular weight is 257 g/mol. The number of nitrogens with one attached hydrogen (secondary N) is 1. The second-order valence-electron chi connectivity index (χ2n) is 3.37. The molecule has 0 fully saturated rings. The van der Waals surface area contributed by atoms with Crippen molar-refractivity contribution >= 4 is 27.5 Å². The lowest BCUT2D eigenvalue weighted by Crippen LogP contribution is -2.26. The highest BCUT2D eigenvalue weighted by Gasteiger charge is 2.18. The van der Waals surface area contributed by atoms with Crippen molar-refractivity contribution in [2.75, 3.05) is 5.32 Å². The number of pyridine rings is 1. The fourth-order valence-corrected chi connectivity index (χ4v) is 1.06. The topological polar surface area (TPSA) is 42.0 Å². The largest absolute Gasteiger partial charge is 0.325 e. The maximum atomic E-state index is 11.6. The molecule has 1 rings (SSSR count). The minimum atomic E-state index is -0.157. The first-order valence-corrected chi connectivity index (χ1v) is 5.38. The van der Waals surface area contributed by atoms with Crippen LogP contribution in [0.2, 0.25) is 0 Å². The molecule has 14 heavy (non-hydrogen) atoms. The van der Waals surface area contributed by atoms with Gasteiger partial charge in [-0.15, -0.1) is 0 Å². The molecule has 0 aliphatic heterocycles. The van der Waals surface area contributed by atoms with Crippen molar-refractivity contribution in [2.45, 2.75) is 18.7 Å². The molecule has 0 aliphatic carbocycles. The van der Waals surface area contributed by atoms with Crippen molar-refractivity contribution in [3.8, 4) is 0 Å². The van der Waals surface area contributed by atoms with E-state index in [1.165, 1.54) is 0 Å². The molecule has 1 aromatic rings. The number of aromatic nitrogens is 1. The summed E-state index contributed by atoms with van der Waals surface area (Å²) >= 11 is 3.34. The summed E-state index contributed by atoms with van der Waals surface area (Å²) in [6.45, 7) is 3.98. The summed E-state index contributed by atoms with van der Waals surface area (Å²) in [5, 5.41) is 2.80. The lowest BCUT2D eigenvalue weighted by atomic mass is 10.1. The van der Waals surface area contributed by atoms with E-state index < -0.39 is 0 Å². The van der Waals surface area contributed by atoms with Gasteiger partial charge < -0.3 is 5.32 Å². The van der Waals surface area contributed by atoms with Crippen LogP contribution in [-0.4, -0.2) is 15.7 Å². The number of halogens is 1. The average Bonchev–Trinajstić information content (AvgIpc) is 2.18. The molecule has 1 amide bonds. The van der Waals surface area contributed by atoms with Crippen LogP contribution in [0.5, 0.6) is 0 Å². The second kappa shape index (κ2) is 5.10. The number of anilines is 1. The monoisotopic (exact) mass is 256 g/mol. The molecule has 0 aromatic carbocycles. The van der Waals surface area contributed by atoms with Crippen LogP contribution in [-0.2, 0) is 4.79 Å². The number of hydrogen-bond acceptors (Lipinski definition) is 2.